The van der Waals surface area contributed by atoms with Crippen molar-refractivity contribution in [3.63, 3.8) is 0 Å². The van der Waals surface area contributed by atoms with E-state index < -0.39 is 11.8 Å². The fourth-order valence-corrected chi connectivity index (χ4v) is 2.23. The second-order valence-electron chi connectivity index (χ2n) is 3.03. The average molecular weight is 316 g/mol. The zero-order valence-corrected chi connectivity index (χ0v) is 10.8. The van der Waals surface area contributed by atoms with Crippen molar-refractivity contribution in [3.05, 3.63) is 40.1 Å². The number of amides is 2. The lowest BCUT2D eigenvalue weighted by atomic mass is 10.3. The summed E-state index contributed by atoms with van der Waals surface area (Å²) < 4.78 is 14.0. The van der Waals surface area contributed by atoms with Gasteiger partial charge in [0.15, 0.2) is 5.13 Å². The summed E-state index contributed by atoms with van der Waals surface area (Å²) >= 11 is 4.50. The lowest BCUT2D eigenvalue weighted by Crippen LogP contribution is -2.19. The van der Waals surface area contributed by atoms with Gasteiger partial charge in [-0.1, -0.05) is 23.5 Å². The van der Waals surface area contributed by atoms with Gasteiger partial charge < -0.3 is 5.32 Å². The van der Waals surface area contributed by atoms with Crippen LogP contribution in [0.1, 0.15) is 0 Å². The summed E-state index contributed by atoms with van der Waals surface area (Å²) in [6.07, 6.45) is 1.57. The van der Waals surface area contributed by atoms with Crippen molar-refractivity contribution in [2.75, 3.05) is 10.6 Å². The normalized spacial score (nSPS) is 10.0. The summed E-state index contributed by atoms with van der Waals surface area (Å²) in [5.74, 6) is -0.483. The number of anilines is 2. The molecule has 7 heteroatoms. The summed E-state index contributed by atoms with van der Waals surface area (Å²) in [7, 11) is 0. The van der Waals surface area contributed by atoms with Crippen LogP contribution in [0.4, 0.5) is 20.0 Å². The summed E-state index contributed by atoms with van der Waals surface area (Å²) in [6.45, 7) is 0. The molecule has 0 bridgehead atoms. The summed E-state index contributed by atoms with van der Waals surface area (Å²) in [6, 6.07) is 5.41. The van der Waals surface area contributed by atoms with Crippen LogP contribution in [-0.4, -0.2) is 11.0 Å². The number of benzene rings is 1. The van der Waals surface area contributed by atoms with E-state index in [1.54, 1.807) is 18.3 Å². The molecule has 1 aromatic heterocycles. The van der Waals surface area contributed by atoms with E-state index in [2.05, 4.69) is 31.5 Å². The van der Waals surface area contributed by atoms with E-state index in [1.807, 2.05) is 0 Å². The van der Waals surface area contributed by atoms with Gasteiger partial charge in [-0.05, 0) is 28.1 Å². The van der Waals surface area contributed by atoms with Gasteiger partial charge in [-0.2, -0.15) is 0 Å². The fraction of sp³-hybridized carbons (Fsp3) is 0. The molecule has 0 aliphatic carbocycles. The minimum Gasteiger partial charge on any atom is -0.305 e. The van der Waals surface area contributed by atoms with Crippen molar-refractivity contribution in [2.45, 2.75) is 0 Å². The highest BCUT2D eigenvalue weighted by atomic mass is 79.9. The van der Waals surface area contributed by atoms with Gasteiger partial charge in [-0.25, -0.2) is 14.2 Å². The summed E-state index contributed by atoms with van der Waals surface area (Å²) in [5, 5.41) is 5.33. The summed E-state index contributed by atoms with van der Waals surface area (Å²) in [5.41, 5.74) is 0.126. The van der Waals surface area contributed by atoms with Crippen LogP contribution in [0, 0.1) is 5.82 Å². The third-order valence-corrected chi connectivity index (χ3v) is 3.21. The number of nitrogens with one attached hydrogen (secondary N) is 2. The van der Waals surface area contributed by atoms with E-state index in [0.717, 1.165) is 3.79 Å². The number of halogens is 2. The van der Waals surface area contributed by atoms with Crippen molar-refractivity contribution in [1.82, 2.24) is 4.98 Å². The monoisotopic (exact) mass is 315 g/mol. The molecule has 2 rings (SSSR count). The third-order valence-electron chi connectivity index (χ3n) is 1.82. The maximum atomic E-state index is 13.2. The Morgan fingerprint density at radius 1 is 1.35 bits per heavy atom. The van der Waals surface area contributed by atoms with E-state index in [-0.39, 0.29) is 5.69 Å². The van der Waals surface area contributed by atoms with Gasteiger partial charge in [-0.15, -0.1) is 0 Å². The van der Waals surface area contributed by atoms with Gasteiger partial charge >= 0.3 is 6.03 Å². The molecule has 2 amide bonds. The van der Waals surface area contributed by atoms with Crippen molar-refractivity contribution in [1.29, 1.82) is 0 Å². The Morgan fingerprint density at radius 3 is 2.76 bits per heavy atom. The molecule has 0 radical (unpaired) electrons. The van der Waals surface area contributed by atoms with Crippen LogP contribution >= 0.6 is 27.3 Å². The molecule has 1 heterocycles. The number of urea groups is 1. The molecule has 1 aromatic carbocycles. The minimum atomic E-state index is -0.531. The Balaban J connectivity index is 2.01. The molecule has 88 valence electrons. The number of nitrogens with zero attached hydrogens (tertiary/aromatic N) is 1. The Kier molecular flexibility index (Phi) is 3.70. The predicted octanol–water partition coefficient (Wildman–Crippen LogP) is 3.69. The van der Waals surface area contributed by atoms with Crippen molar-refractivity contribution < 1.29 is 9.18 Å². The maximum absolute atomic E-state index is 13.2. The minimum absolute atomic E-state index is 0.126. The van der Waals surface area contributed by atoms with Crippen LogP contribution in [0.15, 0.2) is 34.2 Å². The molecule has 0 saturated carbocycles. The molecule has 0 spiro atoms. The van der Waals surface area contributed by atoms with E-state index in [1.165, 1.54) is 23.5 Å². The van der Waals surface area contributed by atoms with Gasteiger partial charge in [0.25, 0.3) is 0 Å². The summed E-state index contributed by atoms with van der Waals surface area (Å²) in [4.78, 5) is 15.4. The Bertz CT molecular complexity index is 546. The van der Waals surface area contributed by atoms with Gasteiger partial charge in [-0.3, -0.25) is 5.32 Å². The number of aromatic nitrogens is 1. The lowest BCUT2D eigenvalue weighted by molar-refractivity contribution is 0.262. The SMILES string of the molecule is O=C(Nc1ncc(Br)s1)Nc1ccccc1F. The van der Waals surface area contributed by atoms with Crippen LogP contribution < -0.4 is 10.6 Å². The highest BCUT2D eigenvalue weighted by Gasteiger charge is 2.08. The number of hydrogen-bond donors (Lipinski definition) is 2. The van der Waals surface area contributed by atoms with Gasteiger partial charge in [0, 0.05) is 0 Å². The molecule has 4 nitrogen and oxygen atoms in total. The zero-order chi connectivity index (χ0) is 12.3. The molecule has 17 heavy (non-hydrogen) atoms. The number of thiazole rings is 1. The molecule has 2 N–H and O–H groups in total. The number of para-hydroxylation sites is 1. The highest BCUT2D eigenvalue weighted by Crippen LogP contribution is 2.23. The quantitative estimate of drug-likeness (QED) is 0.888. The standard InChI is InChI=1S/C10H7BrFN3OS/c11-8-5-13-10(17-8)15-9(16)14-7-4-2-1-3-6(7)12/h1-5H,(H2,13,14,15,16). The molecule has 2 aromatic rings. The van der Waals surface area contributed by atoms with Crippen molar-refractivity contribution in [3.8, 4) is 0 Å². The van der Waals surface area contributed by atoms with Crippen molar-refractivity contribution in [2.24, 2.45) is 0 Å². The Labute approximate surface area is 109 Å². The van der Waals surface area contributed by atoms with E-state index in [4.69, 9.17) is 0 Å². The predicted molar refractivity (Wildman–Crippen MR) is 68.9 cm³/mol. The van der Waals surface area contributed by atoms with Crippen LogP contribution in [0.25, 0.3) is 0 Å². The Morgan fingerprint density at radius 2 is 2.12 bits per heavy atom. The average Bonchev–Trinajstić information content (AvgIpc) is 2.67. The largest absolute Gasteiger partial charge is 0.325 e. The molecular weight excluding hydrogens is 309 g/mol. The van der Waals surface area contributed by atoms with Gasteiger partial charge in [0.2, 0.25) is 0 Å². The van der Waals surface area contributed by atoms with Crippen LogP contribution in [0.5, 0.6) is 0 Å². The molecule has 0 fully saturated rings. The van der Waals surface area contributed by atoms with Gasteiger partial charge in [0.05, 0.1) is 15.7 Å². The number of rotatable bonds is 2. The van der Waals surface area contributed by atoms with E-state index in [9.17, 15) is 9.18 Å². The van der Waals surface area contributed by atoms with Crippen molar-refractivity contribution >= 4 is 44.1 Å². The molecule has 0 atom stereocenters. The first-order chi connectivity index (χ1) is 8.15. The first-order valence-electron chi connectivity index (χ1n) is 4.59. The zero-order valence-electron chi connectivity index (χ0n) is 8.41. The second kappa shape index (κ2) is 5.24. The molecule has 0 aliphatic rings. The van der Waals surface area contributed by atoms with Gasteiger partial charge in [0.1, 0.15) is 5.82 Å². The van der Waals surface area contributed by atoms with Crippen LogP contribution in [-0.2, 0) is 0 Å². The lowest BCUT2D eigenvalue weighted by Gasteiger charge is -2.05. The number of carbonyl (C=O) groups is 1. The number of carbonyl (C=O) groups excluding carboxylic acids is 1. The molecule has 0 aliphatic heterocycles. The third kappa shape index (κ3) is 3.24. The second-order valence-corrected chi connectivity index (χ2v) is 5.44. The van der Waals surface area contributed by atoms with Crippen LogP contribution in [0.3, 0.4) is 0 Å². The highest BCUT2D eigenvalue weighted by molar-refractivity contribution is 9.11. The first kappa shape index (κ1) is 12.0. The van der Waals surface area contributed by atoms with E-state index >= 15 is 0 Å². The molecular formula is C10H7BrFN3OS. The maximum Gasteiger partial charge on any atom is 0.325 e. The van der Waals surface area contributed by atoms with Crippen LogP contribution in [0.2, 0.25) is 0 Å². The molecule has 0 saturated heterocycles. The smallest absolute Gasteiger partial charge is 0.305 e. The van der Waals surface area contributed by atoms with E-state index in [0.29, 0.717) is 5.13 Å². The molecule has 0 unspecified atom stereocenters. The number of hydrogen-bond acceptors (Lipinski definition) is 3. The first-order valence-corrected chi connectivity index (χ1v) is 6.20. The fourth-order valence-electron chi connectivity index (χ4n) is 1.13. The topological polar surface area (TPSA) is 54.0 Å². The Hall–Kier alpha value is -1.47.